The first-order valence-electron chi connectivity index (χ1n) is 11.6. The number of ether oxygens (including phenoxy) is 1. The molecule has 2 atom stereocenters. The van der Waals surface area contributed by atoms with Gasteiger partial charge >= 0.3 is 12.1 Å². The second kappa shape index (κ2) is 9.07. The molecule has 5 rings (SSSR count). The summed E-state index contributed by atoms with van der Waals surface area (Å²) in [5.41, 5.74) is 1.84. The summed E-state index contributed by atoms with van der Waals surface area (Å²) in [6, 6.07) is 4.33. The summed E-state index contributed by atoms with van der Waals surface area (Å²) in [6.07, 6.45) is 3.13. The van der Waals surface area contributed by atoms with Gasteiger partial charge in [0.05, 0.1) is 17.1 Å². The Hall–Kier alpha value is -3.12. The number of rotatable bonds is 4. The van der Waals surface area contributed by atoms with E-state index < -0.39 is 21.3 Å². The van der Waals surface area contributed by atoms with Crippen molar-refractivity contribution in [3.8, 4) is 0 Å². The highest BCUT2D eigenvalue weighted by molar-refractivity contribution is 7.90. The molecule has 3 aliphatic heterocycles. The second-order valence-corrected chi connectivity index (χ2v) is 12.2. The van der Waals surface area contributed by atoms with Crippen molar-refractivity contribution in [3.63, 3.8) is 0 Å². The van der Waals surface area contributed by atoms with E-state index in [0.717, 1.165) is 17.6 Å². The van der Waals surface area contributed by atoms with Gasteiger partial charge in [-0.15, -0.1) is 11.7 Å². The molecule has 0 aliphatic carbocycles. The number of hydrogen-bond acceptors (Lipinski definition) is 7. The van der Waals surface area contributed by atoms with Crippen molar-refractivity contribution in [2.75, 3.05) is 39.0 Å². The lowest BCUT2D eigenvalue weighted by molar-refractivity contribution is 0.0978. The van der Waals surface area contributed by atoms with E-state index in [9.17, 15) is 18.0 Å². The number of benzene rings is 1. The van der Waals surface area contributed by atoms with Gasteiger partial charge in [-0.25, -0.2) is 18.0 Å². The van der Waals surface area contributed by atoms with Crippen LogP contribution >= 0.6 is 11.6 Å². The van der Waals surface area contributed by atoms with E-state index in [-0.39, 0.29) is 28.5 Å². The Labute approximate surface area is 213 Å². The third-order valence-corrected chi connectivity index (χ3v) is 8.58. The highest BCUT2D eigenvalue weighted by atomic mass is 35.5. The molecule has 1 aromatic heterocycles. The predicted octanol–water partition coefficient (Wildman–Crippen LogP) is 2.10. The molecular weight excluding hydrogens is 508 g/mol. The first kappa shape index (κ1) is 24.6. The Balaban J connectivity index is 1.20. The molecule has 3 amide bonds. The first-order chi connectivity index (χ1) is 17.1. The molecule has 0 bridgehead atoms. The zero-order valence-corrected chi connectivity index (χ0v) is 21.4. The van der Waals surface area contributed by atoms with E-state index in [1.807, 2.05) is 11.0 Å². The van der Waals surface area contributed by atoms with Gasteiger partial charge in [-0.3, -0.25) is 5.10 Å². The van der Waals surface area contributed by atoms with Crippen LogP contribution in [-0.4, -0.2) is 89.6 Å². The van der Waals surface area contributed by atoms with Crippen LogP contribution in [0.2, 0.25) is 5.02 Å². The zero-order chi connectivity index (χ0) is 25.7. The van der Waals surface area contributed by atoms with Crippen LogP contribution in [0, 0.1) is 11.3 Å². The highest BCUT2D eigenvalue weighted by Crippen LogP contribution is 2.44. The second-order valence-electron chi connectivity index (χ2n) is 9.71. The number of nitrogens with zero attached hydrogens (tertiary/aromatic N) is 5. The van der Waals surface area contributed by atoms with E-state index in [1.165, 1.54) is 12.1 Å². The molecular formula is C23H27ClN6O5S. The van der Waals surface area contributed by atoms with Crippen molar-refractivity contribution in [1.82, 2.24) is 30.1 Å². The summed E-state index contributed by atoms with van der Waals surface area (Å²) in [7, 11) is -3.45. The molecule has 0 radical (unpaired) electrons. The van der Waals surface area contributed by atoms with Crippen molar-refractivity contribution in [2.45, 2.75) is 24.5 Å². The maximum Gasteiger partial charge on any atom is 0.410 e. The molecule has 2 saturated heterocycles. The molecule has 36 heavy (non-hydrogen) atoms. The maximum absolute atomic E-state index is 13.2. The summed E-state index contributed by atoms with van der Waals surface area (Å²) in [5, 5.41) is 11.0. The van der Waals surface area contributed by atoms with Crippen molar-refractivity contribution in [2.24, 2.45) is 11.3 Å². The molecule has 1 N–H and O–H groups in total. The fraction of sp³-hybridized carbons (Fsp3) is 0.478. The molecule has 0 saturated carbocycles. The Morgan fingerprint density at radius 1 is 1.25 bits per heavy atom. The van der Waals surface area contributed by atoms with Gasteiger partial charge in [-0.2, -0.15) is 0 Å². The average Bonchev–Trinajstić information content (AvgIpc) is 3.53. The summed E-state index contributed by atoms with van der Waals surface area (Å²) < 4.78 is 29.2. The number of urea groups is 1. The van der Waals surface area contributed by atoms with Gasteiger partial charge in [0.2, 0.25) is 0 Å². The van der Waals surface area contributed by atoms with Crippen LogP contribution in [0.25, 0.3) is 0 Å². The number of sulfone groups is 1. The number of likely N-dealkylation sites (tertiary alicyclic amines) is 2. The minimum Gasteiger partial charge on any atom is -0.445 e. The van der Waals surface area contributed by atoms with Crippen LogP contribution in [0.5, 0.6) is 0 Å². The number of amides is 3. The number of aromatic nitrogens is 3. The van der Waals surface area contributed by atoms with Crippen LogP contribution < -0.4 is 0 Å². The standard InChI is InChI=1S/C23H27ClN6O5S/c1-3-23-13-29(21(31)28-5-4-19-20(11-28)26-27-25-19)9-16(23)10-30(14-23)22(32)35-12-15-6-17(24)8-18(7-15)36(2,33)34/h3,6-8,16H,1,4-5,9-14H2,2H3,(H,25,26,27)/t16-,23-/m0/s1. The number of nitrogens with one attached hydrogen (secondary N) is 1. The lowest BCUT2D eigenvalue weighted by Crippen LogP contribution is -2.46. The molecule has 2 fully saturated rings. The molecule has 11 nitrogen and oxygen atoms in total. The lowest BCUT2D eigenvalue weighted by atomic mass is 9.81. The minimum atomic E-state index is -3.45. The van der Waals surface area contributed by atoms with Gasteiger partial charge in [0, 0.05) is 61.8 Å². The van der Waals surface area contributed by atoms with Gasteiger partial charge in [0.1, 0.15) is 12.3 Å². The summed E-state index contributed by atoms with van der Waals surface area (Å²) in [5.74, 6) is 0.0434. The Morgan fingerprint density at radius 3 is 2.72 bits per heavy atom. The number of carbonyl (C=O) groups is 2. The normalized spacial score (nSPS) is 23.4. The summed E-state index contributed by atoms with van der Waals surface area (Å²) in [6.45, 7) is 6.75. The molecule has 3 aliphatic rings. The molecule has 1 aromatic carbocycles. The molecule has 0 unspecified atom stereocenters. The third-order valence-electron chi connectivity index (χ3n) is 7.27. The van der Waals surface area contributed by atoms with Crippen molar-refractivity contribution in [1.29, 1.82) is 0 Å². The molecule has 0 spiro atoms. The van der Waals surface area contributed by atoms with Gasteiger partial charge in [0.15, 0.2) is 9.84 Å². The van der Waals surface area contributed by atoms with E-state index in [2.05, 4.69) is 22.0 Å². The van der Waals surface area contributed by atoms with Gasteiger partial charge in [-0.1, -0.05) is 22.9 Å². The summed E-state index contributed by atoms with van der Waals surface area (Å²) >= 11 is 6.04. The van der Waals surface area contributed by atoms with Crippen LogP contribution in [0.15, 0.2) is 35.7 Å². The van der Waals surface area contributed by atoms with E-state index in [1.54, 1.807) is 15.9 Å². The number of hydrogen-bond donors (Lipinski definition) is 1. The quantitative estimate of drug-likeness (QED) is 0.595. The number of carbonyl (C=O) groups excluding carboxylic acids is 2. The summed E-state index contributed by atoms with van der Waals surface area (Å²) in [4.78, 5) is 31.4. The predicted molar refractivity (Wildman–Crippen MR) is 130 cm³/mol. The number of fused-ring (bicyclic) bond motifs is 2. The fourth-order valence-corrected chi connectivity index (χ4v) is 6.33. The molecule has 4 heterocycles. The zero-order valence-electron chi connectivity index (χ0n) is 19.8. The average molecular weight is 535 g/mol. The van der Waals surface area contributed by atoms with E-state index in [4.69, 9.17) is 16.3 Å². The topological polar surface area (TPSA) is 129 Å². The Morgan fingerprint density at radius 2 is 2.00 bits per heavy atom. The molecule has 2 aromatic rings. The van der Waals surface area contributed by atoms with Crippen molar-refractivity contribution < 1.29 is 22.7 Å². The van der Waals surface area contributed by atoms with E-state index in [0.29, 0.717) is 51.3 Å². The third kappa shape index (κ3) is 4.55. The molecule has 192 valence electrons. The monoisotopic (exact) mass is 534 g/mol. The SMILES string of the molecule is C=C[C@]12CN(C(=O)OCc3cc(Cl)cc(S(C)(=O)=O)c3)C[C@@H]1CN(C(=O)N1CCc3[nH]nnc3C1)C2. The Bertz CT molecular complexity index is 1330. The van der Waals surface area contributed by atoms with Crippen molar-refractivity contribution in [3.05, 3.63) is 52.8 Å². The van der Waals surface area contributed by atoms with Crippen LogP contribution in [0.4, 0.5) is 9.59 Å². The van der Waals surface area contributed by atoms with Gasteiger partial charge in [0.25, 0.3) is 0 Å². The highest BCUT2D eigenvalue weighted by Gasteiger charge is 2.53. The fourth-order valence-electron chi connectivity index (χ4n) is 5.30. The van der Waals surface area contributed by atoms with E-state index >= 15 is 0 Å². The maximum atomic E-state index is 13.2. The number of aromatic amines is 1. The smallest absolute Gasteiger partial charge is 0.410 e. The van der Waals surface area contributed by atoms with Crippen LogP contribution in [0.3, 0.4) is 0 Å². The van der Waals surface area contributed by atoms with Gasteiger partial charge in [-0.05, 0) is 23.8 Å². The van der Waals surface area contributed by atoms with Gasteiger partial charge < -0.3 is 19.4 Å². The number of halogens is 1. The Kier molecular flexibility index (Phi) is 6.19. The molecule has 13 heteroatoms. The van der Waals surface area contributed by atoms with Crippen LogP contribution in [-0.2, 0) is 34.1 Å². The first-order valence-corrected chi connectivity index (χ1v) is 13.8. The van der Waals surface area contributed by atoms with Crippen molar-refractivity contribution >= 4 is 33.6 Å². The minimum absolute atomic E-state index is 0.0434. The lowest BCUT2D eigenvalue weighted by Gasteiger charge is -2.32. The number of H-pyrrole nitrogens is 1. The van der Waals surface area contributed by atoms with Crippen LogP contribution in [0.1, 0.15) is 17.0 Å². The largest absolute Gasteiger partial charge is 0.445 e.